The van der Waals surface area contributed by atoms with Crippen LogP contribution >= 0.6 is 0 Å². The number of hydrogen-bond donors (Lipinski definition) is 2. The van der Waals surface area contributed by atoms with Crippen LogP contribution in [0.25, 0.3) is 0 Å². The monoisotopic (exact) mass is 369 g/mol. The molecule has 0 unspecified atom stereocenters. The SMILES string of the molecule is COc1cccc([C@H](C)N)c1.O=C(O)C[C@@H]1CCc2ccc3c(c21)CCO3. The molecule has 0 fully saturated rings. The van der Waals surface area contributed by atoms with Gasteiger partial charge in [-0.1, -0.05) is 18.2 Å². The summed E-state index contributed by atoms with van der Waals surface area (Å²) >= 11 is 0. The number of carboxylic acid groups (broad SMARTS) is 1. The molecule has 2 aromatic rings. The van der Waals surface area contributed by atoms with E-state index in [2.05, 4.69) is 6.07 Å². The third-order valence-electron chi connectivity index (χ3n) is 5.23. The zero-order valence-electron chi connectivity index (χ0n) is 15.9. The molecular weight excluding hydrogens is 342 g/mol. The van der Waals surface area contributed by atoms with Crippen molar-refractivity contribution in [1.82, 2.24) is 0 Å². The van der Waals surface area contributed by atoms with E-state index in [1.165, 1.54) is 16.7 Å². The predicted molar refractivity (Wildman–Crippen MR) is 105 cm³/mol. The van der Waals surface area contributed by atoms with Crippen LogP contribution in [0.5, 0.6) is 11.5 Å². The molecule has 2 aromatic carbocycles. The van der Waals surface area contributed by atoms with Gasteiger partial charge in [-0.05, 0) is 60.6 Å². The molecule has 0 aromatic heterocycles. The van der Waals surface area contributed by atoms with Crippen molar-refractivity contribution in [2.75, 3.05) is 13.7 Å². The minimum atomic E-state index is -0.700. The summed E-state index contributed by atoms with van der Waals surface area (Å²) in [6.07, 6.45) is 3.18. The van der Waals surface area contributed by atoms with Crippen molar-refractivity contribution in [3.8, 4) is 11.5 Å². The van der Waals surface area contributed by atoms with Gasteiger partial charge in [-0.25, -0.2) is 0 Å². The lowest BCUT2D eigenvalue weighted by molar-refractivity contribution is -0.137. The van der Waals surface area contributed by atoms with Crippen LogP contribution in [0.15, 0.2) is 36.4 Å². The van der Waals surface area contributed by atoms with E-state index in [1.807, 2.05) is 37.3 Å². The van der Waals surface area contributed by atoms with Crippen molar-refractivity contribution in [2.24, 2.45) is 5.73 Å². The Morgan fingerprint density at radius 3 is 2.85 bits per heavy atom. The van der Waals surface area contributed by atoms with Gasteiger partial charge in [0.15, 0.2) is 0 Å². The largest absolute Gasteiger partial charge is 0.497 e. The van der Waals surface area contributed by atoms with E-state index in [1.54, 1.807) is 7.11 Å². The van der Waals surface area contributed by atoms with E-state index < -0.39 is 5.97 Å². The maximum atomic E-state index is 10.8. The Bertz CT molecular complexity index is 816. The van der Waals surface area contributed by atoms with Crippen LogP contribution in [0.1, 0.15) is 54.0 Å². The van der Waals surface area contributed by atoms with Crippen molar-refractivity contribution in [2.45, 2.75) is 44.6 Å². The summed E-state index contributed by atoms with van der Waals surface area (Å²) in [5, 5.41) is 8.92. The lowest BCUT2D eigenvalue weighted by Crippen LogP contribution is -2.05. The van der Waals surface area contributed by atoms with Crippen molar-refractivity contribution in [3.63, 3.8) is 0 Å². The second-order valence-corrected chi connectivity index (χ2v) is 7.11. The molecule has 5 nitrogen and oxygen atoms in total. The molecule has 4 rings (SSSR count). The number of aliphatic carboxylic acids is 1. The summed E-state index contributed by atoms with van der Waals surface area (Å²) in [5.41, 5.74) is 10.7. The number of benzene rings is 2. The van der Waals surface area contributed by atoms with E-state index in [9.17, 15) is 4.79 Å². The molecule has 2 aliphatic rings. The molecule has 0 radical (unpaired) electrons. The summed E-state index contributed by atoms with van der Waals surface area (Å²) in [6, 6.07) is 12.0. The van der Waals surface area contributed by atoms with Crippen LogP contribution in [0.3, 0.4) is 0 Å². The number of hydrogen-bond acceptors (Lipinski definition) is 4. The van der Waals surface area contributed by atoms with Crippen LogP contribution in [-0.2, 0) is 17.6 Å². The fourth-order valence-corrected chi connectivity index (χ4v) is 3.89. The highest BCUT2D eigenvalue weighted by molar-refractivity contribution is 5.69. The predicted octanol–water partition coefficient (Wildman–Crippen LogP) is 3.84. The highest BCUT2D eigenvalue weighted by Crippen LogP contribution is 2.43. The maximum absolute atomic E-state index is 10.8. The molecular formula is C22H27NO4. The first-order valence-electron chi connectivity index (χ1n) is 9.38. The molecule has 0 saturated heterocycles. The van der Waals surface area contributed by atoms with Crippen molar-refractivity contribution >= 4 is 5.97 Å². The van der Waals surface area contributed by atoms with Gasteiger partial charge in [0.25, 0.3) is 0 Å². The first-order chi connectivity index (χ1) is 13.0. The topological polar surface area (TPSA) is 81.8 Å². The van der Waals surface area contributed by atoms with Crippen LogP contribution in [-0.4, -0.2) is 24.8 Å². The minimum Gasteiger partial charge on any atom is -0.497 e. The Kier molecular flexibility index (Phi) is 6.01. The molecule has 144 valence electrons. The number of carboxylic acids is 1. The molecule has 1 heterocycles. The Balaban J connectivity index is 0.000000168. The number of nitrogens with two attached hydrogens (primary N) is 1. The number of aryl methyl sites for hydroxylation is 1. The smallest absolute Gasteiger partial charge is 0.303 e. The van der Waals surface area contributed by atoms with Crippen LogP contribution < -0.4 is 15.2 Å². The molecule has 3 N–H and O–H groups in total. The van der Waals surface area contributed by atoms with E-state index in [0.717, 1.165) is 42.9 Å². The molecule has 0 bridgehead atoms. The zero-order valence-corrected chi connectivity index (χ0v) is 15.9. The summed E-state index contributed by atoms with van der Waals surface area (Å²) in [7, 11) is 1.65. The first kappa shape index (κ1) is 19.2. The number of ether oxygens (including phenoxy) is 2. The van der Waals surface area contributed by atoms with Gasteiger partial charge in [0, 0.05) is 18.0 Å². The Labute approximate surface area is 160 Å². The first-order valence-corrected chi connectivity index (χ1v) is 9.38. The number of fused-ring (bicyclic) bond motifs is 3. The van der Waals surface area contributed by atoms with Gasteiger partial charge in [-0.15, -0.1) is 0 Å². The summed E-state index contributed by atoms with van der Waals surface area (Å²) in [4.78, 5) is 10.8. The third-order valence-corrected chi connectivity index (χ3v) is 5.23. The Morgan fingerprint density at radius 1 is 1.33 bits per heavy atom. The number of rotatable bonds is 4. The number of carbonyl (C=O) groups is 1. The van der Waals surface area contributed by atoms with Gasteiger partial charge >= 0.3 is 5.97 Å². The van der Waals surface area contributed by atoms with E-state index >= 15 is 0 Å². The van der Waals surface area contributed by atoms with Crippen LogP contribution in [0.2, 0.25) is 0 Å². The zero-order chi connectivity index (χ0) is 19.4. The Hall–Kier alpha value is -2.53. The van der Waals surface area contributed by atoms with E-state index in [4.69, 9.17) is 20.3 Å². The van der Waals surface area contributed by atoms with Gasteiger partial charge in [-0.3, -0.25) is 4.79 Å². The fraction of sp³-hybridized carbons (Fsp3) is 0.409. The van der Waals surface area contributed by atoms with Crippen molar-refractivity contribution in [3.05, 3.63) is 58.7 Å². The fourth-order valence-electron chi connectivity index (χ4n) is 3.89. The van der Waals surface area contributed by atoms with Crippen molar-refractivity contribution in [1.29, 1.82) is 0 Å². The lowest BCUT2D eigenvalue weighted by atomic mass is 9.92. The molecule has 0 amide bonds. The molecule has 5 heteroatoms. The summed E-state index contributed by atoms with van der Waals surface area (Å²) < 4.78 is 10.6. The molecule has 2 atom stereocenters. The van der Waals surface area contributed by atoms with Gasteiger partial charge < -0.3 is 20.3 Å². The standard InChI is InChI=1S/C13H14O3.C9H13NO/c14-12(15)7-9-2-1-8-3-4-11-10(13(8)9)5-6-16-11;1-7(10)8-4-3-5-9(6-8)11-2/h3-4,9H,1-2,5-7H2,(H,14,15);3-7H,10H2,1-2H3/t9-;7-/m00/s1. The highest BCUT2D eigenvalue weighted by Gasteiger charge is 2.30. The molecule has 0 spiro atoms. The molecule has 27 heavy (non-hydrogen) atoms. The van der Waals surface area contributed by atoms with Gasteiger partial charge in [-0.2, -0.15) is 0 Å². The van der Waals surface area contributed by atoms with Gasteiger partial charge in [0.1, 0.15) is 11.5 Å². The van der Waals surface area contributed by atoms with E-state index in [-0.39, 0.29) is 18.4 Å². The second kappa shape index (κ2) is 8.44. The van der Waals surface area contributed by atoms with Crippen LogP contribution in [0, 0.1) is 0 Å². The van der Waals surface area contributed by atoms with Crippen molar-refractivity contribution < 1.29 is 19.4 Å². The summed E-state index contributed by atoms with van der Waals surface area (Å²) in [5.74, 6) is 1.33. The second-order valence-electron chi connectivity index (χ2n) is 7.11. The van der Waals surface area contributed by atoms with Crippen LogP contribution in [0.4, 0.5) is 0 Å². The average molecular weight is 369 g/mol. The van der Waals surface area contributed by atoms with E-state index in [0.29, 0.717) is 0 Å². The average Bonchev–Trinajstić information content (AvgIpc) is 3.28. The quantitative estimate of drug-likeness (QED) is 0.856. The maximum Gasteiger partial charge on any atom is 0.303 e. The molecule has 1 aliphatic heterocycles. The van der Waals surface area contributed by atoms with Gasteiger partial charge in [0.05, 0.1) is 20.1 Å². The third kappa shape index (κ3) is 4.42. The molecule has 0 saturated carbocycles. The van der Waals surface area contributed by atoms with Gasteiger partial charge in [0.2, 0.25) is 0 Å². The normalized spacial score (nSPS) is 17.8. The highest BCUT2D eigenvalue weighted by atomic mass is 16.5. The molecule has 1 aliphatic carbocycles. The summed E-state index contributed by atoms with van der Waals surface area (Å²) in [6.45, 7) is 2.69. The number of methoxy groups -OCH3 is 1. The Morgan fingerprint density at radius 2 is 2.15 bits per heavy atom. The lowest BCUT2D eigenvalue weighted by Gasteiger charge is -2.12. The minimum absolute atomic E-state index is 0.0742.